The fraction of sp³-hybridized carbons (Fsp3) is 0.364. The number of likely N-dealkylation sites (tertiary alicyclic amines) is 1. The summed E-state index contributed by atoms with van der Waals surface area (Å²) in [6, 6.07) is 19.6. The summed E-state index contributed by atoms with van der Waals surface area (Å²) in [5.41, 5.74) is 2.80. The van der Waals surface area contributed by atoms with Gasteiger partial charge in [-0.25, -0.2) is 0 Å². The molecule has 3 rings (SSSR count). The van der Waals surface area contributed by atoms with Gasteiger partial charge in [-0.15, -0.1) is 0 Å². The number of ether oxygens (including phenoxy) is 1. The zero-order valence-electron chi connectivity index (χ0n) is 15.6. The molecule has 0 radical (unpaired) electrons. The van der Waals surface area contributed by atoms with E-state index in [-0.39, 0.29) is 17.9 Å². The predicted molar refractivity (Wildman–Crippen MR) is 104 cm³/mol. The highest BCUT2D eigenvalue weighted by atomic mass is 16.5. The van der Waals surface area contributed by atoms with E-state index in [1.165, 1.54) is 0 Å². The van der Waals surface area contributed by atoms with E-state index in [1.54, 1.807) is 7.11 Å². The molecule has 1 aliphatic heterocycles. The second kappa shape index (κ2) is 9.31. The van der Waals surface area contributed by atoms with Gasteiger partial charge < -0.3 is 15.0 Å². The molecule has 0 saturated carbocycles. The molecule has 1 N–H and O–H groups in total. The number of hydrogen-bond donors (Lipinski definition) is 1. The average molecular weight is 363 g/mol. The molecule has 2 aromatic carbocycles. The van der Waals surface area contributed by atoms with Crippen LogP contribution in [0.5, 0.6) is 0 Å². The first-order valence-corrected chi connectivity index (χ1v) is 9.28. The third kappa shape index (κ3) is 4.73. The lowest BCUT2D eigenvalue weighted by Crippen LogP contribution is -2.36. The Bertz CT molecular complexity index is 783. The molecule has 0 unspecified atom stereocenters. The van der Waals surface area contributed by atoms with Crippen molar-refractivity contribution < 1.29 is 9.53 Å². The first kappa shape index (κ1) is 19.1. The Kier molecular flexibility index (Phi) is 6.59. The zero-order valence-corrected chi connectivity index (χ0v) is 15.6. The molecule has 0 bridgehead atoms. The highest BCUT2D eigenvalue weighted by Gasteiger charge is 2.37. The summed E-state index contributed by atoms with van der Waals surface area (Å²) in [7, 11) is 1.67. The molecule has 0 spiro atoms. The van der Waals surface area contributed by atoms with Gasteiger partial charge >= 0.3 is 0 Å². The second-order valence-corrected chi connectivity index (χ2v) is 6.80. The Morgan fingerprint density at radius 1 is 1.22 bits per heavy atom. The Morgan fingerprint density at radius 3 is 2.63 bits per heavy atom. The second-order valence-electron chi connectivity index (χ2n) is 6.80. The molecular weight excluding hydrogens is 338 g/mol. The third-order valence-electron chi connectivity index (χ3n) is 5.03. The summed E-state index contributed by atoms with van der Waals surface area (Å²) in [4.78, 5) is 15.0. The molecule has 27 heavy (non-hydrogen) atoms. The largest absolute Gasteiger partial charge is 0.383 e. The van der Waals surface area contributed by atoms with Gasteiger partial charge in [0.25, 0.3) is 0 Å². The summed E-state index contributed by atoms with van der Waals surface area (Å²) < 4.78 is 5.15. The molecule has 2 aromatic rings. The van der Waals surface area contributed by atoms with Crippen molar-refractivity contribution in [3.05, 3.63) is 71.3 Å². The van der Waals surface area contributed by atoms with Gasteiger partial charge in [0.2, 0.25) is 5.91 Å². The summed E-state index contributed by atoms with van der Waals surface area (Å²) in [5, 5.41) is 12.5. The van der Waals surface area contributed by atoms with Gasteiger partial charge in [0.1, 0.15) is 0 Å². The van der Waals surface area contributed by atoms with Gasteiger partial charge in [-0.2, -0.15) is 5.26 Å². The fourth-order valence-corrected chi connectivity index (χ4v) is 3.61. The SMILES string of the molecule is COCCN[C@H](c1ccc(C#N)cc1)[C@@H]1CCN(Cc2ccccc2)C1=O. The first-order valence-electron chi connectivity index (χ1n) is 9.28. The molecule has 1 saturated heterocycles. The zero-order chi connectivity index (χ0) is 19.1. The average Bonchev–Trinajstić information content (AvgIpc) is 3.06. The minimum atomic E-state index is -0.112. The lowest BCUT2D eigenvalue weighted by molar-refractivity contribution is -0.132. The van der Waals surface area contributed by atoms with Crippen molar-refractivity contribution in [3.8, 4) is 6.07 Å². The number of hydrogen-bond acceptors (Lipinski definition) is 4. The monoisotopic (exact) mass is 363 g/mol. The molecule has 0 aliphatic carbocycles. The molecule has 5 heteroatoms. The van der Waals surface area contributed by atoms with E-state index in [1.807, 2.05) is 47.4 Å². The van der Waals surface area contributed by atoms with Crippen molar-refractivity contribution in [2.45, 2.75) is 19.0 Å². The van der Waals surface area contributed by atoms with Crippen LogP contribution in [0.1, 0.15) is 29.2 Å². The molecule has 1 heterocycles. The Balaban J connectivity index is 1.75. The number of carbonyl (C=O) groups excluding carboxylic acids is 1. The van der Waals surface area contributed by atoms with Gasteiger partial charge in [-0.3, -0.25) is 4.79 Å². The minimum Gasteiger partial charge on any atom is -0.383 e. The predicted octanol–water partition coefficient (Wildman–Crippen LogP) is 2.88. The maximum Gasteiger partial charge on any atom is 0.227 e. The normalized spacial score (nSPS) is 17.7. The van der Waals surface area contributed by atoms with E-state index in [9.17, 15) is 4.79 Å². The number of nitrogens with zero attached hydrogens (tertiary/aromatic N) is 2. The Hall–Kier alpha value is -2.68. The highest BCUT2D eigenvalue weighted by molar-refractivity contribution is 5.81. The van der Waals surface area contributed by atoms with Gasteiger partial charge in [0.05, 0.1) is 24.2 Å². The van der Waals surface area contributed by atoms with Crippen molar-refractivity contribution >= 4 is 5.91 Å². The van der Waals surface area contributed by atoms with Crippen LogP contribution in [0.25, 0.3) is 0 Å². The van der Waals surface area contributed by atoms with E-state index in [4.69, 9.17) is 10.00 Å². The third-order valence-corrected chi connectivity index (χ3v) is 5.03. The van der Waals surface area contributed by atoms with Crippen LogP contribution in [0, 0.1) is 17.2 Å². The van der Waals surface area contributed by atoms with E-state index in [0.29, 0.717) is 25.3 Å². The van der Waals surface area contributed by atoms with Gasteiger partial charge in [0, 0.05) is 32.8 Å². The van der Waals surface area contributed by atoms with Crippen molar-refractivity contribution in [2.75, 3.05) is 26.8 Å². The molecule has 1 aliphatic rings. The summed E-state index contributed by atoms with van der Waals surface area (Å²) in [6.45, 7) is 2.66. The van der Waals surface area contributed by atoms with Gasteiger partial charge in [-0.1, -0.05) is 42.5 Å². The summed E-state index contributed by atoms with van der Waals surface area (Å²) in [5.74, 6) is 0.0663. The van der Waals surface area contributed by atoms with E-state index >= 15 is 0 Å². The number of nitrogens with one attached hydrogen (secondary N) is 1. The van der Waals surface area contributed by atoms with Gasteiger partial charge in [-0.05, 0) is 29.7 Å². The van der Waals surface area contributed by atoms with Crippen LogP contribution in [0.4, 0.5) is 0 Å². The molecule has 1 amide bonds. The van der Waals surface area contributed by atoms with E-state index < -0.39 is 0 Å². The Morgan fingerprint density at radius 2 is 1.96 bits per heavy atom. The lowest BCUT2D eigenvalue weighted by Gasteiger charge is -2.25. The van der Waals surface area contributed by atoms with E-state index in [2.05, 4.69) is 23.5 Å². The molecule has 140 valence electrons. The van der Waals surface area contributed by atoms with Gasteiger partial charge in [0.15, 0.2) is 0 Å². The summed E-state index contributed by atoms with van der Waals surface area (Å²) >= 11 is 0. The van der Waals surface area contributed by atoms with Crippen LogP contribution in [0.2, 0.25) is 0 Å². The number of benzene rings is 2. The van der Waals surface area contributed by atoms with Crippen LogP contribution in [-0.4, -0.2) is 37.6 Å². The minimum absolute atomic E-state index is 0.0823. The Labute approximate surface area is 160 Å². The van der Waals surface area contributed by atoms with Crippen molar-refractivity contribution in [2.24, 2.45) is 5.92 Å². The van der Waals surface area contributed by atoms with E-state index in [0.717, 1.165) is 24.1 Å². The van der Waals surface area contributed by atoms with Crippen molar-refractivity contribution in [3.63, 3.8) is 0 Å². The number of nitriles is 1. The molecule has 1 fully saturated rings. The smallest absolute Gasteiger partial charge is 0.227 e. The number of rotatable bonds is 8. The summed E-state index contributed by atoms with van der Waals surface area (Å²) in [6.07, 6.45) is 0.816. The molecular formula is C22H25N3O2. The van der Waals surface area contributed by atoms with Crippen LogP contribution >= 0.6 is 0 Å². The quantitative estimate of drug-likeness (QED) is 0.733. The maximum absolute atomic E-state index is 13.1. The highest BCUT2D eigenvalue weighted by Crippen LogP contribution is 2.32. The van der Waals surface area contributed by atoms with Crippen molar-refractivity contribution in [1.29, 1.82) is 5.26 Å². The fourth-order valence-electron chi connectivity index (χ4n) is 3.61. The standard InChI is InChI=1S/C22H25N3O2/c1-27-14-12-24-21(19-9-7-17(15-23)8-10-19)20-11-13-25(22(20)26)16-18-5-3-2-4-6-18/h2-10,20-21,24H,11-14,16H2,1H3/t20-,21+/m0/s1. The molecule has 2 atom stereocenters. The van der Waals surface area contributed by atoms with Crippen LogP contribution in [0.3, 0.4) is 0 Å². The number of carbonyl (C=O) groups is 1. The lowest BCUT2D eigenvalue weighted by atomic mass is 9.91. The van der Waals surface area contributed by atoms with Crippen LogP contribution < -0.4 is 5.32 Å². The molecule has 5 nitrogen and oxygen atoms in total. The molecule has 0 aromatic heterocycles. The number of amides is 1. The van der Waals surface area contributed by atoms with Crippen LogP contribution in [0.15, 0.2) is 54.6 Å². The maximum atomic E-state index is 13.1. The van der Waals surface area contributed by atoms with Crippen LogP contribution in [-0.2, 0) is 16.1 Å². The number of methoxy groups -OCH3 is 1. The van der Waals surface area contributed by atoms with Crippen molar-refractivity contribution in [1.82, 2.24) is 10.2 Å². The topological polar surface area (TPSA) is 65.4 Å². The first-order chi connectivity index (χ1) is 13.2.